The summed E-state index contributed by atoms with van der Waals surface area (Å²) in [5.74, 6) is -0.286. The van der Waals surface area contributed by atoms with Crippen LogP contribution in [0.3, 0.4) is 0 Å². The zero-order valence-corrected chi connectivity index (χ0v) is 21.3. The van der Waals surface area contributed by atoms with Crippen molar-refractivity contribution >= 4 is 41.2 Å². The highest BCUT2D eigenvalue weighted by atomic mass is 32.2. The second-order valence-corrected chi connectivity index (χ2v) is 11.9. The molecular weight excluding hydrogens is 466 g/mol. The average molecular weight is 500 g/mol. The molecule has 0 aromatic heterocycles. The third-order valence-electron chi connectivity index (χ3n) is 7.06. The number of thioether (sulfide) groups is 1. The minimum atomic E-state index is -0.962. The van der Waals surface area contributed by atoms with Gasteiger partial charge >= 0.3 is 6.03 Å². The Labute approximate surface area is 210 Å². The molecule has 1 aliphatic carbocycles. The normalized spacial score (nSPS) is 24.6. The molecule has 1 aromatic carbocycles. The van der Waals surface area contributed by atoms with Crippen LogP contribution in [0.25, 0.3) is 0 Å². The standard InChI is InChI=1S/C26H33N3O5S/c1-26(2,3)16-10-8-15(9-11-16)24(33)29-17-14-35-20(22(17)28-25(29)34)6-4-5-7-21(32)27-23-18(30)12-13-19(23)31/h8-11,17,20,22-23H,4-7,12-14H2,1-3H3,(H,27,32)(H,28,34). The number of Topliss-reactive ketones (excluding diaryl/α,β-unsaturated/α-hetero) is 2. The van der Waals surface area contributed by atoms with Crippen molar-refractivity contribution in [1.82, 2.24) is 15.5 Å². The molecule has 2 N–H and O–H groups in total. The van der Waals surface area contributed by atoms with Gasteiger partial charge in [0.15, 0.2) is 11.6 Å². The number of imide groups is 1. The first-order valence-electron chi connectivity index (χ1n) is 12.3. The Morgan fingerprint density at radius 2 is 1.71 bits per heavy atom. The van der Waals surface area contributed by atoms with Gasteiger partial charge in [0.05, 0.1) is 12.1 Å². The fourth-order valence-electron chi connectivity index (χ4n) is 4.96. The summed E-state index contributed by atoms with van der Waals surface area (Å²) in [6.45, 7) is 6.34. The van der Waals surface area contributed by atoms with E-state index in [1.165, 1.54) is 4.90 Å². The summed E-state index contributed by atoms with van der Waals surface area (Å²) in [5, 5.41) is 5.72. The second kappa shape index (κ2) is 10.1. The number of urea groups is 1. The van der Waals surface area contributed by atoms with Crippen molar-refractivity contribution in [3.63, 3.8) is 0 Å². The maximum atomic E-state index is 13.2. The highest BCUT2D eigenvalue weighted by Gasteiger charge is 2.50. The molecule has 9 heteroatoms. The molecule has 1 aromatic rings. The number of fused-ring (bicyclic) bond motifs is 1. The maximum Gasteiger partial charge on any atom is 0.325 e. The molecule has 3 unspecified atom stereocenters. The summed E-state index contributed by atoms with van der Waals surface area (Å²) in [4.78, 5) is 62.7. The van der Waals surface area contributed by atoms with Gasteiger partial charge in [-0.05, 0) is 36.0 Å². The molecule has 0 spiro atoms. The van der Waals surface area contributed by atoms with E-state index in [0.29, 0.717) is 17.7 Å². The number of ketones is 2. The Morgan fingerprint density at radius 3 is 2.34 bits per heavy atom. The van der Waals surface area contributed by atoms with Crippen molar-refractivity contribution in [3.8, 4) is 0 Å². The molecule has 0 bridgehead atoms. The highest BCUT2D eigenvalue weighted by molar-refractivity contribution is 8.00. The Hall–Kier alpha value is -2.68. The highest BCUT2D eigenvalue weighted by Crippen LogP contribution is 2.37. The molecule has 2 heterocycles. The largest absolute Gasteiger partial charge is 0.340 e. The monoisotopic (exact) mass is 499 g/mol. The molecule has 8 nitrogen and oxygen atoms in total. The van der Waals surface area contributed by atoms with Gasteiger partial charge in [-0.2, -0.15) is 11.8 Å². The number of unbranched alkanes of at least 4 members (excludes halogenated alkanes) is 1. The van der Waals surface area contributed by atoms with Crippen LogP contribution in [0.4, 0.5) is 4.79 Å². The average Bonchev–Trinajstić information content (AvgIpc) is 3.45. The number of hydrogen-bond donors (Lipinski definition) is 2. The molecule has 3 fully saturated rings. The molecular formula is C26H33N3O5S. The van der Waals surface area contributed by atoms with Gasteiger partial charge in [-0.25, -0.2) is 4.79 Å². The predicted octanol–water partition coefficient (Wildman–Crippen LogP) is 2.98. The predicted molar refractivity (Wildman–Crippen MR) is 133 cm³/mol. The van der Waals surface area contributed by atoms with E-state index in [2.05, 4.69) is 31.4 Å². The topological polar surface area (TPSA) is 113 Å². The number of carbonyl (C=O) groups is 5. The van der Waals surface area contributed by atoms with E-state index in [-0.39, 0.29) is 71.4 Å². The van der Waals surface area contributed by atoms with Crippen LogP contribution in [0, 0.1) is 0 Å². The molecule has 3 aliphatic rings. The van der Waals surface area contributed by atoms with Crippen LogP contribution in [0.15, 0.2) is 24.3 Å². The number of carbonyl (C=O) groups excluding carboxylic acids is 5. The molecule has 2 aliphatic heterocycles. The van der Waals surface area contributed by atoms with Gasteiger partial charge in [-0.3, -0.25) is 24.1 Å². The van der Waals surface area contributed by atoms with Crippen molar-refractivity contribution in [1.29, 1.82) is 0 Å². The van der Waals surface area contributed by atoms with Crippen LogP contribution in [-0.4, -0.2) is 63.4 Å². The van der Waals surface area contributed by atoms with E-state index in [0.717, 1.165) is 18.4 Å². The van der Waals surface area contributed by atoms with Crippen molar-refractivity contribution in [3.05, 3.63) is 35.4 Å². The SMILES string of the molecule is CC(C)(C)c1ccc(C(=O)N2C(=O)NC3C(CCCCC(=O)NC4C(=O)CCC4=O)SCC32)cc1. The summed E-state index contributed by atoms with van der Waals surface area (Å²) >= 11 is 1.75. The van der Waals surface area contributed by atoms with Crippen LogP contribution >= 0.6 is 11.8 Å². The van der Waals surface area contributed by atoms with Gasteiger partial charge < -0.3 is 10.6 Å². The van der Waals surface area contributed by atoms with E-state index >= 15 is 0 Å². The van der Waals surface area contributed by atoms with Crippen LogP contribution in [0.1, 0.15) is 75.2 Å². The van der Waals surface area contributed by atoms with E-state index in [1.807, 2.05) is 12.1 Å². The van der Waals surface area contributed by atoms with Crippen molar-refractivity contribution in [2.24, 2.45) is 0 Å². The molecule has 4 rings (SSSR count). The zero-order valence-electron chi connectivity index (χ0n) is 20.5. The first kappa shape index (κ1) is 25.4. The van der Waals surface area contributed by atoms with Gasteiger partial charge in [0.2, 0.25) is 5.91 Å². The first-order valence-corrected chi connectivity index (χ1v) is 13.3. The number of nitrogens with one attached hydrogen (secondary N) is 2. The minimum Gasteiger partial charge on any atom is -0.340 e. The lowest BCUT2D eigenvalue weighted by atomic mass is 9.86. The van der Waals surface area contributed by atoms with Gasteiger partial charge in [0, 0.05) is 35.8 Å². The van der Waals surface area contributed by atoms with Crippen molar-refractivity contribution in [2.75, 3.05) is 5.75 Å². The Balaban J connectivity index is 1.26. The summed E-state index contributed by atoms with van der Waals surface area (Å²) in [6, 6.07) is 5.87. The first-order chi connectivity index (χ1) is 16.6. The number of benzene rings is 1. The fraction of sp³-hybridized carbons (Fsp3) is 0.577. The smallest absolute Gasteiger partial charge is 0.325 e. The Kier molecular flexibility index (Phi) is 7.35. The number of rotatable bonds is 7. The maximum absolute atomic E-state index is 13.2. The second-order valence-electron chi connectivity index (χ2n) is 10.6. The van der Waals surface area contributed by atoms with Gasteiger partial charge in [0.25, 0.3) is 5.91 Å². The zero-order chi connectivity index (χ0) is 25.3. The van der Waals surface area contributed by atoms with Crippen LogP contribution in [-0.2, 0) is 19.8 Å². The van der Waals surface area contributed by atoms with Crippen LogP contribution in [0.5, 0.6) is 0 Å². The number of amides is 4. The van der Waals surface area contributed by atoms with Gasteiger partial charge in [-0.15, -0.1) is 0 Å². The van der Waals surface area contributed by atoms with Gasteiger partial charge in [0.1, 0.15) is 6.04 Å². The summed E-state index contributed by atoms with van der Waals surface area (Å²) in [7, 11) is 0. The van der Waals surface area contributed by atoms with Gasteiger partial charge in [-0.1, -0.05) is 39.3 Å². The molecule has 1 saturated carbocycles. The lowest BCUT2D eigenvalue weighted by molar-refractivity contribution is -0.131. The van der Waals surface area contributed by atoms with E-state index in [9.17, 15) is 24.0 Å². The lowest BCUT2D eigenvalue weighted by Crippen LogP contribution is -2.42. The van der Waals surface area contributed by atoms with Crippen LogP contribution in [0.2, 0.25) is 0 Å². The summed E-state index contributed by atoms with van der Waals surface area (Å²) in [5.41, 5.74) is 1.62. The fourth-order valence-corrected chi connectivity index (χ4v) is 6.55. The third kappa shape index (κ3) is 5.44. The molecule has 35 heavy (non-hydrogen) atoms. The lowest BCUT2D eigenvalue weighted by Gasteiger charge is -2.22. The number of hydrogen-bond acceptors (Lipinski definition) is 6. The molecule has 4 amide bonds. The summed E-state index contributed by atoms with van der Waals surface area (Å²) < 4.78 is 0. The molecule has 3 atom stereocenters. The Morgan fingerprint density at radius 1 is 1.06 bits per heavy atom. The molecule has 188 valence electrons. The minimum absolute atomic E-state index is 0.0148. The van der Waals surface area contributed by atoms with Crippen molar-refractivity contribution in [2.45, 2.75) is 88.1 Å². The Bertz CT molecular complexity index is 1020. The third-order valence-corrected chi connectivity index (χ3v) is 8.55. The quantitative estimate of drug-likeness (QED) is 0.339. The summed E-state index contributed by atoms with van der Waals surface area (Å²) in [6.07, 6.45) is 2.88. The number of nitrogens with zero attached hydrogens (tertiary/aromatic N) is 1. The van der Waals surface area contributed by atoms with Crippen LogP contribution < -0.4 is 10.6 Å². The van der Waals surface area contributed by atoms with Crippen molar-refractivity contribution < 1.29 is 24.0 Å². The van der Waals surface area contributed by atoms with E-state index < -0.39 is 6.04 Å². The molecule has 0 radical (unpaired) electrons. The van der Waals surface area contributed by atoms with E-state index in [4.69, 9.17) is 0 Å². The molecule has 2 saturated heterocycles. The van der Waals surface area contributed by atoms with E-state index in [1.54, 1.807) is 23.9 Å².